The van der Waals surface area contributed by atoms with E-state index in [9.17, 15) is 4.79 Å². The highest BCUT2D eigenvalue weighted by Crippen LogP contribution is 2.14. The first kappa shape index (κ1) is 24.7. The molecule has 0 aromatic heterocycles. The molecule has 1 unspecified atom stereocenters. The molecule has 1 atom stereocenters. The van der Waals surface area contributed by atoms with Gasteiger partial charge in [-0.15, -0.1) is 12.4 Å². The number of amides is 1. The minimum absolute atomic E-state index is 0. The zero-order chi connectivity index (χ0) is 16.5. The highest BCUT2D eigenvalue weighted by molar-refractivity contribution is 5.85. The minimum atomic E-state index is -0.130. The maximum Gasteiger partial charge on any atom is 0.220 e. The molecule has 0 aromatic rings. The van der Waals surface area contributed by atoms with Crippen molar-refractivity contribution in [3.05, 3.63) is 12.2 Å². The Morgan fingerprint density at radius 1 is 0.783 bits per heavy atom. The van der Waals surface area contributed by atoms with E-state index in [1.807, 2.05) is 0 Å². The van der Waals surface area contributed by atoms with E-state index >= 15 is 0 Å². The largest absolute Gasteiger partial charge is 0.369 e. The number of primary amides is 1. The number of allylic oxidation sites excluding steroid dienone is 2. The number of hydrogen-bond acceptors (Lipinski definition) is 1. The van der Waals surface area contributed by atoms with Crippen LogP contribution >= 0.6 is 12.4 Å². The van der Waals surface area contributed by atoms with E-state index in [0.717, 1.165) is 25.7 Å². The van der Waals surface area contributed by atoms with Gasteiger partial charge in [0.15, 0.2) is 0 Å². The van der Waals surface area contributed by atoms with Crippen LogP contribution in [0.5, 0.6) is 0 Å². The molecular formula is C20H40ClNO. The number of carbonyl (C=O) groups excluding carboxylic acids is 1. The van der Waals surface area contributed by atoms with Gasteiger partial charge >= 0.3 is 0 Å². The number of rotatable bonds is 16. The van der Waals surface area contributed by atoms with E-state index in [-0.39, 0.29) is 24.2 Å². The minimum Gasteiger partial charge on any atom is -0.369 e. The quantitative estimate of drug-likeness (QED) is 0.249. The lowest BCUT2D eigenvalue weighted by Crippen LogP contribution is -2.22. The third-order valence-corrected chi connectivity index (χ3v) is 4.36. The van der Waals surface area contributed by atoms with Crippen LogP contribution in [0.1, 0.15) is 104 Å². The molecule has 0 bridgehead atoms. The van der Waals surface area contributed by atoms with Crippen molar-refractivity contribution >= 4 is 18.3 Å². The Morgan fingerprint density at radius 3 is 1.83 bits per heavy atom. The molecule has 0 radical (unpaired) electrons. The van der Waals surface area contributed by atoms with Crippen molar-refractivity contribution in [1.82, 2.24) is 0 Å². The van der Waals surface area contributed by atoms with Gasteiger partial charge < -0.3 is 5.73 Å². The summed E-state index contributed by atoms with van der Waals surface area (Å²) in [6, 6.07) is 0. The second-order valence-corrected chi connectivity index (χ2v) is 6.55. The van der Waals surface area contributed by atoms with Gasteiger partial charge in [0.05, 0.1) is 0 Å². The van der Waals surface area contributed by atoms with Crippen LogP contribution < -0.4 is 5.73 Å². The molecular weight excluding hydrogens is 306 g/mol. The van der Waals surface area contributed by atoms with E-state index < -0.39 is 0 Å². The van der Waals surface area contributed by atoms with Crippen LogP contribution in [0, 0.1) is 5.92 Å². The van der Waals surface area contributed by atoms with Gasteiger partial charge in [-0.1, -0.05) is 83.8 Å². The summed E-state index contributed by atoms with van der Waals surface area (Å²) in [4.78, 5) is 11.2. The molecule has 138 valence electrons. The maximum absolute atomic E-state index is 11.2. The highest BCUT2D eigenvalue weighted by atomic mass is 35.5. The molecule has 3 heteroatoms. The van der Waals surface area contributed by atoms with E-state index in [1.54, 1.807) is 0 Å². The van der Waals surface area contributed by atoms with E-state index in [4.69, 9.17) is 5.73 Å². The Kier molecular flexibility index (Phi) is 21.0. The lowest BCUT2D eigenvalue weighted by atomic mass is 9.97. The normalized spacial score (nSPS) is 12.3. The standard InChI is InChI=1S/C20H39NO.ClH/c1-3-5-6-7-8-9-10-11-12-13-14-15-16-18-19(17-4-2)20(21)22;/h14-15,19H,3-13,16-18H2,1-2H3,(H2,21,22);1H. The van der Waals surface area contributed by atoms with Gasteiger partial charge in [0.25, 0.3) is 0 Å². The number of nitrogens with two attached hydrogens (primary N) is 1. The van der Waals surface area contributed by atoms with Gasteiger partial charge in [0.2, 0.25) is 5.91 Å². The third-order valence-electron chi connectivity index (χ3n) is 4.36. The summed E-state index contributed by atoms with van der Waals surface area (Å²) in [6.45, 7) is 4.38. The van der Waals surface area contributed by atoms with Gasteiger partial charge in [-0.05, 0) is 32.1 Å². The summed E-state index contributed by atoms with van der Waals surface area (Å²) in [5.74, 6) is -0.0588. The lowest BCUT2D eigenvalue weighted by molar-refractivity contribution is -0.122. The van der Waals surface area contributed by atoms with E-state index in [0.29, 0.717) is 0 Å². The maximum atomic E-state index is 11.2. The van der Waals surface area contributed by atoms with Crippen molar-refractivity contribution in [1.29, 1.82) is 0 Å². The summed E-state index contributed by atoms with van der Waals surface area (Å²) >= 11 is 0. The summed E-state index contributed by atoms with van der Waals surface area (Å²) in [5.41, 5.74) is 5.41. The molecule has 0 saturated heterocycles. The zero-order valence-electron chi connectivity index (χ0n) is 15.5. The average molecular weight is 346 g/mol. The number of unbranched alkanes of at least 4 members (excludes halogenated alkanes) is 9. The van der Waals surface area contributed by atoms with Gasteiger partial charge in [0, 0.05) is 5.92 Å². The van der Waals surface area contributed by atoms with Gasteiger partial charge in [0.1, 0.15) is 0 Å². The fourth-order valence-corrected chi connectivity index (χ4v) is 2.88. The average Bonchev–Trinajstić information content (AvgIpc) is 2.50. The van der Waals surface area contributed by atoms with Crippen molar-refractivity contribution < 1.29 is 4.79 Å². The SMILES string of the molecule is CCCCCCCCCCCC=CCCC(CCC)C(N)=O.Cl. The molecule has 23 heavy (non-hydrogen) atoms. The third kappa shape index (κ3) is 17.7. The highest BCUT2D eigenvalue weighted by Gasteiger charge is 2.12. The van der Waals surface area contributed by atoms with Crippen molar-refractivity contribution in [2.24, 2.45) is 11.7 Å². The fraction of sp³-hybridized carbons (Fsp3) is 0.850. The first-order valence-corrected chi connectivity index (χ1v) is 9.66. The molecule has 0 heterocycles. The van der Waals surface area contributed by atoms with Gasteiger partial charge in [-0.3, -0.25) is 4.79 Å². The van der Waals surface area contributed by atoms with Crippen molar-refractivity contribution in [3.8, 4) is 0 Å². The molecule has 2 N–H and O–H groups in total. The Bertz CT molecular complexity index is 279. The van der Waals surface area contributed by atoms with Crippen LogP contribution in [0.4, 0.5) is 0 Å². The molecule has 0 aromatic carbocycles. The van der Waals surface area contributed by atoms with Crippen LogP contribution in [0.15, 0.2) is 12.2 Å². The van der Waals surface area contributed by atoms with Crippen molar-refractivity contribution in [2.75, 3.05) is 0 Å². The first-order chi connectivity index (χ1) is 10.7. The fourth-order valence-electron chi connectivity index (χ4n) is 2.88. The molecule has 0 spiro atoms. The lowest BCUT2D eigenvalue weighted by Gasteiger charge is -2.09. The molecule has 0 aliphatic heterocycles. The summed E-state index contributed by atoms with van der Waals surface area (Å²) < 4.78 is 0. The van der Waals surface area contributed by atoms with E-state index in [2.05, 4.69) is 26.0 Å². The number of hydrogen-bond donors (Lipinski definition) is 1. The molecule has 0 rings (SSSR count). The second-order valence-electron chi connectivity index (χ2n) is 6.55. The Morgan fingerprint density at radius 2 is 1.30 bits per heavy atom. The van der Waals surface area contributed by atoms with Crippen LogP contribution in [0.3, 0.4) is 0 Å². The smallest absolute Gasteiger partial charge is 0.220 e. The van der Waals surface area contributed by atoms with Crippen LogP contribution in [-0.2, 0) is 4.79 Å². The van der Waals surface area contributed by atoms with Crippen LogP contribution in [0.25, 0.3) is 0 Å². The molecule has 1 amide bonds. The topological polar surface area (TPSA) is 43.1 Å². The van der Waals surface area contributed by atoms with Gasteiger partial charge in [-0.2, -0.15) is 0 Å². The molecule has 0 saturated carbocycles. The second kappa shape index (κ2) is 19.5. The molecule has 0 aliphatic carbocycles. The van der Waals surface area contributed by atoms with Crippen LogP contribution in [-0.4, -0.2) is 5.91 Å². The number of halogens is 1. The molecule has 0 fully saturated rings. The summed E-state index contributed by atoms with van der Waals surface area (Å²) in [5, 5.41) is 0. The number of carbonyl (C=O) groups is 1. The summed E-state index contributed by atoms with van der Waals surface area (Å²) in [7, 11) is 0. The Hall–Kier alpha value is -0.500. The predicted molar refractivity (Wildman–Crippen MR) is 105 cm³/mol. The van der Waals surface area contributed by atoms with Gasteiger partial charge in [-0.25, -0.2) is 0 Å². The summed E-state index contributed by atoms with van der Waals surface area (Å²) in [6.07, 6.45) is 22.0. The van der Waals surface area contributed by atoms with Crippen molar-refractivity contribution in [3.63, 3.8) is 0 Å². The Balaban J connectivity index is 0. The molecule has 2 nitrogen and oxygen atoms in total. The Labute approximate surface area is 151 Å². The van der Waals surface area contributed by atoms with Crippen LogP contribution in [0.2, 0.25) is 0 Å². The molecule has 0 aliphatic rings. The van der Waals surface area contributed by atoms with Crippen molar-refractivity contribution in [2.45, 2.75) is 104 Å². The first-order valence-electron chi connectivity index (χ1n) is 9.66. The zero-order valence-corrected chi connectivity index (χ0v) is 16.3. The monoisotopic (exact) mass is 345 g/mol. The van der Waals surface area contributed by atoms with E-state index in [1.165, 1.54) is 64.2 Å². The predicted octanol–water partition coefficient (Wildman–Crippen LogP) is 6.57.